The van der Waals surface area contributed by atoms with Crippen molar-refractivity contribution in [2.75, 3.05) is 13.2 Å². The summed E-state index contributed by atoms with van der Waals surface area (Å²) in [6, 6.07) is 21.8. The Morgan fingerprint density at radius 2 is 1.69 bits per heavy atom. The van der Waals surface area contributed by atoms with Gasteiger partial charge in [-0.05, 0) is 46.7 Å². The van der Waals surface area contributed by atoms with Crippen LogP contribution in [0.15, 0.2) is 71.5 Å². The third-order valence-corrected chi connectivity index (χ3v) is 7.88. The number of carbonyl (C=O) groups excluding carboxylic acids is 1. The van der Waals surface area contributed by atoms with Crippen molar-refractivity contribution in [2.24, 2.45) is 11.7 Å². The van der Waals surface area contributed by atoms with Crippen molar-refractivity contribution >= 4 is 34.1 Å². The molecule has 4 aromatic rings. The Labute approximate surface area is 251 Å². The molecule has 0 atom stereocenters. The molecule has 1 amide bonds. The van der Waals surface area contributed by atoms with E-state index in [1.807, 2.05) is 38.1 Å². The van der Waals surface area contributed by atoms with Gasteiger partial charge in [-0.1, -0.05) is 94.0 Å². The minimum atomic E-state index is -0.558. The van der Waals surface area contributed by atoms with Gasteiger partial charge in [0.15, 0.2) is 0 Å². The number of benzene rings is 3. The van der Waals surface area contributed by atoms with Crippen LogP contribution >= 0.6 is 12.2 Å². The molecule has 0 aliphatic heterocycles. The molecular weight excluding hydrogens is 546 g/mol. The fourth-order valence-corrected chi connectivity index (χ4v) is 5.76. The Balaban J connectivity index is 1.44. The van der Waals surface area contributed by atoms with E-state index in [1.54, 1.807) is 22.8 Å². The number of pyridine rings is 1. The quantitative estimate of drug-likeness (QED) is 0.154. The number of nitrogens with one attached hydrogen (secondary N) is 1. The van der Waals surface area contributed by atoms with Crippen molar-refractivity contribution in [1.29, 1.82) is 0 Å². The van der Waals surface area contributed by atoms with Crippen LogP contribution in [0.3, 0.4) is 0 Å². The Morgan fingerprint density at radius 3 is 2.31 bits per heavy atom. The van der Waals surface area contributed by atoms with E-state index in [4.69, 9.17) is 27.4 Å². The summed E-state index contributed by atoms with van der Waals surface area (Å²) < 4.78 is 13.8. The average molecular weight is 584 g/mol. The Kier molecular flexibility index (Phi) is 8.92. The lowest BCUT2D eigenvalue weighted by atomic mass is 9.98. The molecule has 3 aromatic carbocycles. The molecule has 1 aromatic heterocycles. The van der Waals surface area contributed by atoms with E-state index >= 15 is 0 Å². The summed E-state index contributed by atoms with van der Waals surface area (Å²) >= 11 is 5.21. The zero-order valence-corrected chi connectivity index (χ0v) is 25.1. The number of unbranched alkanes of at least 4 members (excludes halogenated alkanes) is 1. The number of carbonyl (C=O) groups is 1. The van der Waals surface area contributed by atoms with Crippen molar-refractivity contribution in [1.82, 2.24) is 9.88 Å². The minimum absolute atomic E-state index is 0.0469. The number of amides is 1. The zero-order chi connectivity index (χ0) is 29.8. The summed E-state index contributed by atoms with van der Waals surface area (Å²) in [6.07, 6.45) is 1.24. The lowest BCUT2D eigenvalue weighted by Crippen LogP contribution is -2.32. The number of nitrogens with zero attached hydrogens (tertiary/aromatic N) is 1. The molecule has 218 valence electrons. The second-order valence-corrected chi connectivity index (χ2v) is 11.5. The Hall–Kier alpha value is -4.17. The van der Waals surface area contributed by atoms with Gasteiger partial charge >= 0.3 is 6.09 Å². The van der Waals surface area contributed by atoms with Crippen LogP contribution in [0.2, 0.25) is 0 Å². The van der Waals surface area contributed by atoms with Crippen LogP contribution in [-0.2, 0) is 17.8 Å². The molecule has 5 rings (SSSR count). The van der Waals surface area contributed by atoms with Crippen molar-refractivity contribution in [3.63, 3.8) is 0 Å². The molecule has 3 N–H and O–H groups in total. The van der Waals surface area contributed by atoms with E-state index in [2.05, 4.69) is 36.5 Å². The molecule has 7 nitrogen and oxygen atoms in total. The molecule has 1 aliphatic rings. The maximum absolute atomic E-state index is 13.7. The summed E-state index contributed by atoms with van der Waals surface area (Å²) in [4.78, 5) is 27.1. The van der Waals surface area contributed by atoms with Crippen LogP contribution in [0.4, 0.5) is 4.79 Å². The van der Waals surface area contributed by atoms with Gasteiger partial charge in [-0.15, -0.1) is 0 Å². The summed E-state index contributed by atoms with van der Waals surface area (Å²) in [7, 11) is 0. The molecule has 1 heterocycles. The van der Waals surface area contributed by atoms with Gasteiger partial charge in [0.2, 0.25) is 0 Å². The van der Waals surface area contributed by atoms with Gasteiger partial charge in [-0.25, -0.2) is 4.79 Å². The van der Waals surface area contributed by atoms with E-state index in [1.165, 1.54) is 11.1 Å². The molecule has 8 heteroatoms. The molecule has 1 aliphatic carbocycles. The summed E-state index contributed by atoms with van der Waals surface area (Å²) in [5.41, 5.74) is 11.6. The van der Waals surface area contributed by atoms with E-state index in [-0.39, 0.29) is 35.5 Å². The van der Waals surface area contributed by atoms with E-state index in [9.17, 15) is 9.59 Å². The highest BCUT2D eigenvalue weighted by Gasteiger charge is 2.29. The van der Waals surface area contributed by atoms with Gasteiger partial charge in [-0.2, -0.15) is 0 Å². The number of alkyl carbamates (subject to hydrolysis) is 1. The van der Waals surface area contributed by atoms with Gasteiger partial charge in [0.05, 0.1) is 24.2 Å². The van der Waals surface area contributed by atoms with Gasteiger partial charge in [0.25, 0.3) is 5.56 Å². The van der Waals surface area contributed by atoms with Gasteiger partial charge < -0.3 is 25.1 Å². The standard InChI is InChI=1S/C34H37N3O4S/c1-4-5-16-40-31-28-17-22(32(35)42)14-15-27(28)33(38)37(19-21(2)3)30(31)18-36-34(39)41-20-29-25-12-8-6-10-23(25)24-11-7-9-13-26(24)29/h6-15,17,21,29H,4-5,16,18-20H2,1-3H3,(H2,35,42)(H,36,39). The normalized spacial score (nSPS) is 12.3. The molecule has 0 bridgehead atoms. The van der Waals surface area contributed by atoms with Gasteiger partial charge in [-0.3, -0.25) is 4.79 Å². The topological polar surface area (TPSA) is 95.6 Å². The monoisotopic (exact) mass is 583 g/mol. The number of fused-ring (bicyclic) bond motifs is 4. The van der Waals surface area contributed by atoms with Crippen molar-refractivity contribution < 1.29 is 14.3 Å². The molecular formula is C34H37N3O4S. The van der Waals surface area contributed by atoms with Gasteiger partial charge in [0.1, 0.15) is 17.3 Å². The molecule has 0 fully saturated rings. The predicted molar refractivity (Wildman–Crippen MR) is 171 cm³/mol. The van der Waals surface area contributed by atoms with Crippen LogP contribution in [0, 0.1) is 5.92 Å². The zero-order valence-electron chi connectivity index (χ0n) is 24.3. The van der Waals surface area contributed by atoms with Crippen LogP contribution in [0.1, 0.15) is 61.9 Å². The highest BCUT2D eigenvalue weighted by Crippen LogP contribution is 2.44. The number of hydrogen-bond donors (Lipinski definition) is 2. The first kappa shape index (κ1) is 29.3. The first-order valence-electron chi connectivity index (χ1n) is 14.5. The Morgan fingerprint density at radius 1 is 1.02 bits per heavy atom. The molecule has 0 saturated carbocycles. The van der Waals surface area contributed by atoms with Crippen LogP contribution in [0.5, 0.6) is 5.75 Å². The maximum Gasteiger partial charge on any atom is 0.407 e. The minimum Gasteiger partial charge on any atom is -0.491 e. The van der Waals surface area contributed by atoms with E-state index < -0.39 is 6.09 Å². The lowest BCUT2D eigenvalue weighted by Gasteiger charge is -2.22. The maximum atomic E-state index is 13.7. The number of hydrogen-bond acceptors (Lipinski definition) is 5. The largest absolute Gasteiger partial charge is 0.491 e. The summed E-state index contributed by atoms with van der Waals surface area (Å²) in [5, 5.41) is 4.04. The van der Waals surface area contributed by atoms with Crippen molar-refractivity contribution in [3.8, 4) is 16.9 Å². The second-order valence-electron chi connectivity index (χ2n) is 11.1. The van der Waals surface area contributed by atoms with Crippen molar-refractivity contribution in [2.45, 2.75) is 52.6 Å². The van der Waals surface area contributed by atoms with Crippen LogP contribution in [0.25, 0.3) is 21.9 Å². The summed E-state index contributed by atoms with van der Waals surface area (Å²) in [5.74, 6) is 0.692. The number of thiocarbonyl (C=S) groups is 1. The number of rotatable bonds is 11. The number of nitrogens with two attached hydrogens (primary N) is 1. The third-order valence-electron chi connectivity index (χ3n) is 7.65. The van der Waals surface area contributed by atoms with Crippen LogP contribution in [-0.4, -0.2) is 28.9 Å². The lowest BCUT2D eigenvalue weighted by molar-refractivity contribution is 0.142. The first-order valence-corrected chi connectivity index (χ1v) is 14.9. The first-order chi connectivity index (χ1) is 20.3. The average Bonchev–Trinajstić information content (AvgIpc) is 3.30. The molecule has 0 saturated heterocycles. The second kappa shape index (κ2) is 12.8. The molecule has 42 heavy (non-hydrogen) atoms. The molecule has 0 unspecified atom stereocenters. The van der Waals surface area contributed by atoms with Crippen LogP contribution < -0.4 is 21.3 Å². The summed E-state index contributed by atoms with van der Waals surface area (Å²) in [6.45, 7) is 7.39. The smallest absolute Gasteiger partial charge is 0.407 e. The third kappa shape index (κ3) is 5.90. The number of ether oxygens (including phenoxy) is 2. The van der Waals surface area contributed by atoms with Crippen molar-refractivity contribution in [3.05, 3.63) is 99.5 Å². The van der Waals surface area contributed by atoms with Gasteiger partial charge in [0, 0.05) is 23.4 Å². The molecule has 0 spiro atoms. The number of aromatic nitrogens is 1. The SMILES string of the molecule is CCCCOc1c(CNC(=O)OCC2c3ccccc3-c3ccccc32)n(CC(C)C)c(=O)c2ccc(C(N)=S)cc12. The van der Waals surface area contributed by atoms with E-state index in [0.29, 0.717) is 40.9 Å². The highest BCUT2D eigenvalue weighted by molar-refractivity contribution is 7.80. The Bertz CT molecular complexity index is 1650. The van der Waals surface area contributed by atoms with E-state index in [0.717, 1.165) is 24.0 Å². The highest BCUT2D eigenvalue weighted by atomic mass is 32.1. The predicted octanol–water partition coefficient (Wildman–Crippen LogP) is 6.51. The fourth-order valence-electron chi connectivity index (χ4n) is 5.64. The fraction of sp³-hybridized carbons (Fsp3) is 0.324. The molecule has 0 radical (unpaired) electrons.